The van der Waals surface area contributed by atoms with E-state index >= 15 is 0 Å². The lowest BCUT2D eigenvalue weighted by atomic mass is 9.94. The monoisotopic (exact) mass is 394 g/mol. The number of carbonyl (C=O) groups is 1. The molecule has 0 aromatic carbocycles. The maximum atomic E-state index is 11.4. The predicted octanol–water partition coefficient (Wildman–Crippen LogP) is 3.45. The average molecular weight is 395 g/mol. The molecule has 2 saturated carbocycles. The molecule has 2 saturated heterocycles. The highest BCUT2D eigenvalue weighted by Gasteiger charge is 2.33. The summed E-state index contributed by atoms with van der Waals surface area (Å²) >= 11 is 0. The third-order valence-electron chi connectivity index (χ3n) is 7.51. The van der Waals surface area contributed by atoms with Crippen molar-refractivity contribution in [3.63, 3.8) is 0 Å². The quantitative estimate of drug-likeness (QED) is 0.740. The zero-order chi connectivity index (χ0) is 19.8. The largest absolute Gasteiger partial charge is 0.469 e. The lowest BCUT2D eigenvalue weighted by Crippen LogP contribution is -2.35. The standard InChI is InChI=1S/C12H21NO2.C11H21NO/c1-15-12(14)10-7-8-13(9-10)11-5-3-2-4-6-11;13-9-10-6-7-12(8-10)11-4-2-1-3-5-11/h10-11H,2-9H2,1H3;10-11,13H,1-9H2. The van der Waals surface area contributed by atoms with Crippen LogP contribution in [0.1, 0.15) is 77.0 Å². The summed E-state index contributed by atoms with van der Waals surface area (Å²) in [6.07, 6.45) is 16.1. The third kappa shape index (κ3) is 6.17. The first-order chi connectivity index (χ1) is 13.7. The minimum absolute atomic E-state index is 0.0201. The Hall–Kier alpha value is -0.650. The summed E-state index contributed by atoms with van der Waals surface area (Å²) in [5.74, 6) is 0.687. The van der Waals surface area contributed by atoms with Gasteiger partial charge in [-0.1, -0.05) is 38.5 Å². The Labute approximate surface area is 171 Å². The van der Waals surface area contributed by atoms with Gasteiger partial charge in [0.1, 0.15) is 0 Å². The van der Waals surface area contributed by atoms with Gasteiger partial charge in [-0.05, 0) is 57.5 Å². The molecule has 2 atom stereocenters. The zero-order valence-electron chi connectivity index (χ0n) is 18.0. The molecule has 4 fully saturated rings. The SMILES string of the molecule is COC(=O)C1CCN(C2CCCCC2)C1.OCC1CCN(C2CCCCC2)C1. The van der Waals surface area contributed by atoms with Gasteiger partial charge in [0.25, 0.3) is 0 Å². The maximum absolute atomic E-state index is 11.4. The fourth-order valence-corrected chi connectivity index (χ4v) is 5.71. The number of carbonyl (C=O) groups excluding carboxylic acids is 1. The Morgan fingerprint density at radius 3 is 1.86 bits per heavy atom. The summed E-state index contributed by atoms with van der Waals surface area (Å²) in [6.45, 7) is 4.79. The van der Waals surface area contributed by atoms with Gasteiger partial charge in [-0.2, -0.15) is 0 Å². The van der Waals surface area contributed by atoms with E-state index in [9.17, 15) is 4.79 Å². The Morgan fingerprint density at radius 2 is 1.36 bits per heavy atom. The first-order valence-corrected chi connectivity index (χ1v) is 11.9. The number of aliphatic hydroxyl groups excluding tert-OH is 1. The van der Waals surface area contributed by atoms with Crippen molar-refractivity contribution in [3.05, 3.63) is 0 Å². The first kappa shape index (κ1) is 22.0. The molecule has 0 aromatic rings. The smallest absolute Gasteiger partial charge is 0.310 e. The van der Waals surface area contributed by atoms with Crippen LogP contribution in [0, 0.1) is 11.8 Å². The number of nitrogens with zero attached hydrogens (tertiary/aromatic N) is 2. The van der Waals surface area contributed by atoms with Crippen molar-refractivity contribution in [2.24, 2.45) is 11.8 Å². The van der Waals surface area contributed by atoms with Crippen LogP contribution in [0.2, 0.25) is 0 Å². The van der Waals surface area contributed by atoms with Gasteiger partial charge < -0.3 is 14.7 Å². The normalized spacial score (nSPS) is 30.8. The molecular formula is C23H42N2O3. The molecule has 162 valence electrons. The molecule has 0 aromatic heterocycles. The van der Waals surface area contributed by atoms with Crippen LogP contribution in [-0.2, 0) is 9.53 Å². The number of hydrogen-bond acceptors (Lipinski definition) is 5. The average Bonchev–Trinajstić information content (AvgIpc) is 3.45. The molecule has 0 amide bonds. The second-order valence-corrected chi connectivity index (χ2v) is 9.42. The predicted molar refractivity (Wildman–Crippen MR) is 112 cm³/mol. The molecule has 0 bridgehead atoms. The summed E-state index contributed by atoms with van der Waals surface area (Å²) in [4.78, 5) is 16.5. The minimum atomic E-state index is -0.0201. The summed E-state index contributed by atoms with van der Waals surface area (Å²) in [5.41, 5.74) is 0. The van der Waals surface area contributed by atoms with Gasteiger partial charge in [0, 0.05) is 31.8 Å². The molecule has 5 nitrogen and oxygen atoms in total. The molecule has 4 rings (SSSR count). The molecule has 0 radical (unpaired) electrons. The van der Waals surface area contributed by atoms with E-state index in [2.05, 4.69) is 9.80 Å². The highest BCUT2D eigenvalue weighted by molar-refractivity contribution is 5.72. The van der Waals surface area contributed by atoms with Crippen molar-refractivity contribution in [1.29, 1.82) is 0 Å². The minimum Gasteiger partial charge on any atom is -0.469 e. The zero-order valence-corrected chi connectivity index (χ0v) is 18.0. The second-order valence-electron chi connectivity index (χ2n) is 9.42. The van der Waals surface area contributed by atoms with Crippen LogP contribution in [0.15, 0.2) is 0 Å². The van der Waals surface area contributed by atoms with Crippen molar-refractivity contribution < 1.29 is 14.6 Å². The lowest BCUT2D eigenvalue weighted by Gasteiger charge is -2.30. The molecule has 2 aliphatic heterocycles. The Bertz CT molecular complexity index is 461. The fraction of sp³-hybridized carbons (Fsp3) is 0.957. The molecule has 4 aliphatic rings. The highest BCUT2D eigenvalue weighted by atomic mass is 16.5. The summed E-state index contributed by atoms with van der Waals surface area (Å²) < 4.78 is 4.80. The summed E-state index contributed by atoms with van der Waals surface area (Å²) in [7, 11) is 1.49. The van der Waals surface area contributed by atoms with Crippen LogP contribution < -0.4 is 0 Å². The van der Waals surface area contributed by atoms with Gasteiger partial charge in [0.2, 0.25) is 0 Å². The van der Waals surface area contributed by atoms with Crippen molar-refractivity contribution in [1.82, 2.24) is 9.80 Å². The van der Waals surface area contributed by atoms with Crippen molar-refractivity contribution in [2.75, 3.05) is 39.9 Å². The molecule has 0 spiro atoms. The molecule has 2 aliphatic carbocycles. The molecular weight excluding hydrogens is 352 g/mol. The first-order valence-electron chi connectivity index (χ1n) is 11.9. The molecule has 1 N–H and O–H groups in total. The number of methoxy groups -OCH3 is 1. The van der Waals surface area contributed by atoms with E-state index in [1.165, 1.54) is 84.3 Å². The van der Waals surface area contributed by atoms with E-state index < -0.39 is 0 Å². The van der Waals surface area contributed by atoms with E-state index in [0.717, 1.165) is 38.1 Å². The summed E-state index contributed by atoms with van der Waals surface area (Å²) in [5, 5.41) is 9.06. The van der Waals surface area contributed by atoms with Gasteiger partial charge in [-0.25, -0.2) is 0 Å². The highest BCUT2D eigenvalue weighted by Crippen LogP contribution is 2.28. The van der Waals surface area contributed by atoms with Crippen molar-refractivity contribution in [2.45, 2.75) is 89.1 Å². The molecule has 2 unspecified atom stereocenters. The number of rotatable bonds is 4. The van der Waals surface area contributed by atoms with Gasteiger partial charge in [0.15, 0.2) is 0 Å². The Morgan fingerprint density at radius 1 is 0.821 bits per heavy atom. The molecule has 5 heteroatoms. The maximum Gasteiger partial charge on any atom is 0.310 e. The second kappa shape index (κ2) is 11.5. The summed E-state index contributed by atoms with van der Waals surface area (Å²) in [6, 6.07) is 1.60. The van der Waals surface area contributed by atoms with Crippen LogP contribution in [0.25, 0.3) is 0 Å². The fourth-order valence-electron chi connectivity index (χ4n) is 5.71. The van der Waals surface area contributed by atoms with Crippen LogP contribution in [0.3, 0.4) is 0 Å². The molecule has 2 heterocycles. The van der Waals surface area contributed by atoms with E-state index in [0.29, 0.717) is 12.5 Å². The topological polar surface area (TPSA) is 53.0 Å². The van der Waals surface area contributed by atoms with Gasteiger partial charge in [-0.3, -0.25) is 9.69 Å². The van der Waals surface area contributed by atoms with E-state index in [1.807, 2.05) is 0 Å². The number of esters is 1. The van der Waals surface area contributed by atoms with E-state index in [1.54, 1.807) is 0 Å². The van der Waals surface area contributed by atoms with Crippen LogP contribution in [0.5, 0.6) is 0 Å². The molecule has 28 heavy (non-hydrogen) atoms. The van der Waals surface area contributed by atoms with Crippen LogP contribution in [-0.4, -0.2) is 72.9 Å². The number of ether oxygens (including phenoxy) is 1. The van der Waals surface area contributed by atoms with Gasteiger partial charge >= 0.3 is 5.97 Å². The van der Waals surface area contributed by atoms with Crippen molar-refractivity contribution in [3.8, 4) is 0 Å². The number of aliphatic hydroxyl groups is 1. The van der Waals surface area contributed by atoms with E-state index in [-0.39, 0.29) is 11.9 Å². The van der Waals surface area contributed by atoms with Gasteiger partial charge in [-0.15, -0.1) is 0 Å². The van der Waals surface area contributed by atoms with E-state index in [4.69, 9.17) is 9.84 Å². The van der Waals surface area contributed by atoms with Gasteiger partial charge in [0.05, 0.1) is 13.0 Å². The Kier molecular flexibility index (Phi) is 9.06. The lowest BCUT2D eigenvalue weighted by molar-refractivity contribution is -0.145. The Balaban J connectivity index is 0.000000162. The number of likely N-dealkylation sites (tertiary alicyclic amines) is 2. The van der Waals surface area contributed by atoms with Crippen LogP contribution >= 0.6 is 0 Å². The number of hydrogen-bond donors (Lipinski definition) is 1. The third-order valence-corrected chi connectivity index (χ3v) is 7.51. The van der Waals surface area contributed by atoms with Crippen LogP contribution in [0.4, 0.5) is 0 Å². The van der Waals surface area contributed by atoms with Crippen molar-refractivity contribution >= 4 is 5.97 Å².